The topological polar surface area (TPSA) is 67.4 Å². The molecule has 0 radical (unpaired) electrons. The highest BCUT2D eigenvalue weighted by atomic mass is 79.9. The minimum absolute atomic E-state index is 0.193. The molecule has 0 unspecified atom stereocenters. The summed E-state index contributed by atoms with van der Waals surface area (Å²) >= 11 is 12.8. The number of imide groups is 1. The number of halogens is 3. The van der Waals surface area contributed by atoms with Crippen LogP contribution in [0, 0.1) is 0 Å². The molecular formula is C17H11Br2ClN2O3. The number of rotatable bonds is 4. The highest BCUT2D eigenvalue weighted by Crippen LogP contribution is 2.36. The highest BCUT2D eigenvalue weighted by molar-refractivity contribution is 9.11. The molecule has 1 heterocycles. The van der Waals surface area contributed by atoms with Crippen molar-refractivity contribution in [3.8, 4) is 5.75 Å². The Bertz CT molecular complexity index is 859. The number of carbonyl (C=O) groups excluding carboxylic acids is 2. The second-order valence-electron chi connectivity index (χ2n) is 5.20. The number of amides is 3. The largest absolute Gasteiger partial charge is 0.487 e. The average molecular weight is 487 g/mol. The van der Waals surface area contributed by atoms with Gasteiger partial charge < -0.3 is 10.1 Å². The average Bonchev–Trinajstić information content (AvgIpc) is 2.86. The Morgan fingerprint density at radius 2 is 1.68 bits per heavy atom. The summed E-state index contributed by atoms with van der Waals surface area (Å²) in [5.41, 5.74) is 1.91. The molecule has 3 rings (SSSR count). The minimum atomic E-state index is -0.530. The van der Waals surface area contributed by atoms with Crippen LogP contribution >= 0.6 is 43.5 Å². The number of urea groups is 1. The monoisotopic (exact) mass is 484 g/mol. The van der Waals surface area contributed by atoms with Crippen LogP contribution in [-0.4, -0.2) is 11.9 Å². The summed E-state index contributed by atoms with van der Waals surface area (Å²) in [6.07, 6.45) is 1.58. The van der Waals surface area contributed by atoms with Gasteiger partial charge in [-0.3, -0.25) is 10.1 Å². The van der Waals surface area contributed by atoms with Crippen molar-refractivity contribution in [2.75, 3.05) is 0 Å². The Hall–Kier alpha value is -1.83. The molecule has 0 atom stereocenters. The first-order chi connectivity index (χ1) is 11.9. The number of nitrogens with one attached hydrogen (secondary N) is 2. The van der Waals surface area contributed by atoms with Gasteiger partial charge in [0.05, 0.1) is 8.95 Å². The summed E-state index contributed by atoms with van der Waals surface area (Å²) < 4.78 is 7.28. The van der Waals surface area contributed by atoms with E-state index in [1.54, 1.807) is 30.3 Å². The van der Waals surface area contributed by atoms with Crippen LogP contribution in [0.3, 0.4) is 0 Å². The maximum atomic E-state index is 11.6. The smallest absolute Gasteiger partial charge is 0.326 e. The molecule has 1 aliphatic heterocycles. The van der Waals surface area contributed by atoms with Crippen LogP contribution in [-0.2, 0) is 11.4 Å². The first-order valence-corrected chi connectivity index (χ1v) is 9.09. The molecule has 0 saturated carbocycles. The maximum absolute atomic E-state index is 11.6. The van der Waals surface area contributed by atoms with Gasteiger partial charge in [-0.05, 0) is 73.3 Å². The zero-order valence-corrected chi connectivity index (χ0v) is 16.5. The van der Waals surface area contributed by atoms with Crippen LogP contribution in [0.15, 0.2) is 51.0 Å². The van der Waals surface area contributed by atoms with Crippen LogP contribution in [0.25, 0.3) is 6.08 Å². The fourth-order valence-electron chi connectivity index (χ4n) is 2.19. The van der Waals surface area contributed by atoms with Gasteiger partial charge in [0.2, 0.25) is 0 Å². The zero-order chi connectivity index (χ0) is 18.0. The van der Waals surface area contributed by atoms with Crippen LogP contribution in [0.4, 0.5) is 4.79 Å². The summed E-state index contributed by atoms with van der Waals surface area (Å²) in [7, 11) is 0. The first-order valence-electron chi connectivity index (χ1n) is 7.12. The third kappa shape index (κ3) is 4.42. The summed E-state index contributed by atoms with van der Waals surface area (Å²) in [5, 5.41) is 5.27. The Balaban J connectivity index is 1.78. The van der Waals surface area contributed by atoms with Gasteiger partial charge in [-0.1, -0.05) is 23.7 Å². The lowest BCUT2D eigenvalue weighted by Gasteiger charge is -2.12. The summed E-state index contributed by atoms with van der Waals surface area (Å²) in [6, 6.07) is 10.5. The normalized spacial score (nSPS) is 15.2. The number of benzene rings is 2. The van der Waals surface area contributed by atoms with E-state index in [0.29, 0.717) is 26.3 Å². The number of hydrogen-bond acceptors (Lipinski definition) is 3. The van der Waals surface area contributed by atoms with E-state index in [-0.39, 0.29) is 5.70 Å². The fraction of sp³-hybridized carbons (Fsp3) is 0.0588. The molecule has 8 heteroatoms. The van der Waals surface area contributed by atoms with Gasteiger partial charge in [0.15, 0.2) is 0 Å². The molecule has 5 nitrogen and oxygen atoms in total. The molecule has 2 aromatic rings. The molecule has 0 spiro atoms. The number of ether oxygens (including phenoxy) is 1. The number of hydrogen-bond donors (Lipinski definition) is 2. The van der Waals surface area contributed by atoms with Crippen molar-refractivity contribution in [2.45, 2.75) is 6.61 Å². The molecular weight excluding hydrogens is 475 g/mol. The molecule has 2 N–H and O–H groups in total. The Kier molecular flexibility index (Phi) is 5.46. The van der Waals surface area contributed by atoms with E-state index in [0.717, 1.165) is 11.1 Å². The van der Waals surface area contributed by atoms with Crippen molar-refractivity contribution in [2.24, 2.45) is 0 Å². The van der Waals surface area contributed by atoms with Crippen LogP contribution in [0.1, 0.15) is 11.1 Å². The van der Waals surface area contributed by atoms with E-state index >= 15 is 0 Å². The highest BCUT2D eigenvalue weighted by Gasteiger charge is 2.23. The third-order valence-electron chi connectivity index (χ3n) is 3.35. The van der Waals surface area contributed by atoms with E-state index in [4.69, 9.17) is 16.3 Å². The van der Waals surface area contributed by atoms with Crippen molar-refractivity contribution in [3.63, 3.8) is 0 Å². The number of carbonyl (C=O) groups is 2. The van der Waals surface area contributed by atoms with E-state index in [9.17, 15) is 9.59 Å². The predicted molar refractivity (Wildman–Crippen MR) is 102 cm³/mol. The third-order valence-corrected chi connectivity index (χ3v) is 4.78. The minimum Gasteiger partial charge on any atom is -0.487 e. The van der Waals surface area contributed by atoms with E-state index in [2.05, 4.69) is 42.5 Å². The molecule has 3 amide bonds. The zero-order valence-electron chi connectivity index (χ0n) is 12.6. The molecule has 2 aromatic carbocycles. The van der Waals surface area contributed by atoms with Gasteiger partial charge in [-0.15, -0.1) is 0 Å². The van der Waals surface area contributed by atoms with Gasteiger partial charge in [0.25, 0.3) is 5.91 Å². The molecule has 128 valence electrons. The molecule has 0 aliphatic carbocycles. The second-order valence-corrected chi connectivity index (χ2v) is 7.34. The van der Waals surface area contributed by atoms with Crippen LogP contribution in [0.2, 0.25) is 5.02 Å². The summed E-state index contributed by atoms with van der Waals surface area (Å²) in [5.74, 6) is 0.178. The van der Waals surface area contributed by atoms with Gasteiger partial charge in [-0.2, -0.15) is 0 Å². The van der Waals surface area contributed by atoms with E-state index in [1.807, 2.05) is 12.1 Å². The second kappa shape index (κ2) is 7.59. The summed E-state index contributed by atoms with van der Waals surface area (Å²) in [4.78, 5) is 22.7. The standard InChI is InChI=1S/C17H11Br2ClN2O3/c18-12-5-10(7-14-16(23)22-17(24)21-14)6-13(19)15(12)25-8-9-1-3-11(20)4-2-9/h1-7H,8H2,(H2,21,22,23,24)/b14-7-. The quantitative estimate of drug-likeness (QED) is 0.490. The predicted octanol–water partition coefficient (Wildman–Crippen LogP) is 4.62. The van der Waals surface area contributed by atoms with Gasteiger partial charge in [0, 0.05) is 5.02 Å². The Morgan fingerprint density at radius 3 is 2.24 bits per heavy atom. The van der Waals surface area contributed by atoms with E-state index in [1.165, 1.54) is 0 Å². The van der Waals surface area contributed by atoms with Gasteiger partial charge in [-0.25, -0.2) is 4.79 Å². The lowest BCUT2D eigenvalue weighted by molar-refractivity contribution is -0.115. The van der Waals surface area contributed by atoms with Crippen LogP contribution in [0.5, 0.6) is 5.75 Å². The lowest BCUT2D eigenvalue weighted by Crippen LogP contribution is -2.22. The van der Waals surface area contributed by atoms with Crippen molar-refractivity contribution in [1.82, 2.24) is 10.6 Å². The summed E-state index contributed by atoms with van der Waals surface area (Å²) in [6.45, 7) is 0.382. The lowest BCUT2D eigenvalue weighted by atomic mass is 10.2. The van der Waals surface area contributed by atoms with Crippen molar-refractivity contribution in [1.29, 1.82) is 0 Å². The molecule has 25 heavy (non-hydrogen) atoms. The maximum Gasteiger partial charge on any atom is 0.326 e. The Morgan fingerprint density at radius 1 is 1.04 bits per heavy atom. The van der Waals surface area contributed by atoms with Crippen molar-refractivity contribution >= 4 is 61.5 Å². The van der Waals surface area contributed by atoms with E-state index < -0.39 is 11.9 Å². The molecule has 0 bridgehead atoms. The molecule has 1 aliphatic rings. The first kappa shape index (κ1) is 18.0. The van der Waals surface area contributed by atoms with Crippen molar-refractivity contribution in [3.05, 3.63) is 67.2 Å². The van der Waals surface area contributed by atoms with Gasteiger partial charge in [0.1, 0.15) is 18.1 Å². The van der Waals surface area contributed by atoms with Gasteiger partial charge >= 0.3 is 6.03 Å². The molecule has 1 fully saturated rings. The SMILES string of the molecule is O=C1NC(=O)/C(=C/c2cc(Br)c(OCc3ccc(Cl)cc3)c(Br)c2)N1. The Labute approximate surface area is 165 Å². The van der Waals surface area contributed by atoms with Crippen LogP contribution < -0.4 is 15.4 Å². The molecule has 0 aromatic heterocycles. The molecule has 1 saturated heterocycles. The van der Waals surface area contributed by atoms with Crippen molar-refractivity contribution < 1.29 is 14.3 Å². The fourth-order valence-corrected chi connectivity index (χ4v) is 3.76.